The Morgan fingerprint density at radius 3 is 3.06 bits per heavy atom. The van der Waals surface area contributed by atoms with Crippen molar-refractivity contribution in [1.82, 2.24) is 15.5 Å². The van der Waals surface area contributed by atoms with E-state index in [1.54, 1.807) is 0 Å². The van der Waals surface area contributed by atoms with Gasteiger partial charge in [-0.2, -0.15) is 4.98 Å². The summed E-state index contributed by atoms with van der Waals surface area (Å²) in [6.07, 6.45) is 5.92. The Hall–Kier alpha value is -0.900. The van der Waals surface area contributed by atoms with Crippen LogP contribution in [-0.4, -0.2) is 23.2 Å². The summed E-state index contributed by atoms with van der Waals surface area (Å²) in [6, 6.07) is 0. The Morgan fingerprint density at radius 2 is 2.29 bits per heavy atom. The number of nitrogens with zero attached hydrogens (tertiary/aromatic N) is 2. The van der Waals surface area contributed by atoms with Crippen LogP contribution in [0.15, 0.2) is 4.52 Å². The summed E-state index contributed by atoms with van der Waals surface area (Å²) in [4.78, 5) is 4.52. The first-order valence-corrected chi connectivity index (χ1v) is 6.82. The molecule has 0 amide bonds. The molecule has 4 nitrogen and oxygen atoms in total. The van der Waals surface area contributed by atoms with Crippen molar-refractivity contribution in [2.45, 2.75) is 51.9 Å². The molecule has 1 aromatic rings. The first kappa shape index (κ1) is 12.6. The second-order valence-electron chi connectivity index (χ2n) is 5.12. The van der Waals surface area contributed by atoms with Crippen LogP contribution in [0.5, 0.6) is 0 Å². The molecule has 1 aliphatic rings. The molecule has 2 atom stereocenters. The molecule has 0 radical (unpaired) electrons. The van der Waals surface area contributed by atoms with Gasteiger partial charge in [-0.05, 0) is 25.3 Å². The van der Waals surface area contributed by atoms with Crippen LogP contribution < -0.4 is 5.32 Å². The van der Waals surface area contributed by atoms with E-state index in [2.05, 4.69) is 29.3 Å². The fourth-order valence-corrected chi connectivity index (χ4v) is 2.58. The van der Waals surface area contributed by atoms with Gasteiger partial charge in [-0.25, -0.2) is 0 Å². The molecular weight excluding hydrogens is 214 g/mol. The van der Waals surface area contributed by atoms with Crippen molar-refractivity contribution in [1.29, 1.82) is 0 Å². The normalized spacial score (nSPS) is 25.1. The SMILES string of the molecule is CCNCCc1nc(C2CCCC(C)C2)no1. The fraction of sp³-hybridized carbons (Fsp3) is 0.846. The highest BCUT2D eigenvalue weighted by Gasteiger charge is 2.24. The van der Waals surface area contributed by atoms with E-state index in [-0.39, 0.29) is 0 Å². The summed E-state index contributed by atoms with van der Waals surface area (Å²) in [5.41, 5.74) is 0. The topological polar surface area (TPSA) is 51.0 Å². The molecule has 4 heteroatoms. The van der Waals surface area contributed by atoms with Gasteiger partial charge < -0.3 is 9.84 Å². The average Bonchev–Trinajstić information content (AvgIpc) is 2.78. The lowest BCUT2D eigenvalue weighted by Crippen LogP contribution is -2.16. The minimum Gasteiger partial charge on any atom is -0.339 e. The van der Waals surface area contributed by atoms with Crippen LogP contribution in [0.25, 0.3) is 0 Å². The molecule has 0 aliphatic heterocycles. The van der Waals surface area contributed by atoms with Gasteiger partial charge >= 0.3 is 0 Å². The monoisotopic (exact) mass is 237 g/mol. The third-order valence-corrected chi connectivity index (χ3v) is 3.55. The Kier molecular flexibility index (Phi) is 4.54. The van der Waals surface area contributed by atoms with E-state index in [1.807, 2.05) is 0 Å². The van der Waals surface area contributed by atoms with Crippen molar-refractivity contribution in [2.24, 2.45) is 5.92 Å². The van der Waals surface area contributed by atoms with Crippen molar-refractivity contribution < 1.29 is 4.52 Å². The molecule has 2 unspecified atom stereocenters. The second-order valence-corrected chi connectivity index (χ2v) is 5.12. The zero-order chi connectivity index (χ0) is 12.1. The van der Waals surface area contributed by atoms with E-state index in [0.717, 1.165) is 37.1 Å². The van der Waals surface area contributed by atoms with Crippen molar-refractivity contribution in [2.75, 3.05) is 13.1 Å². The number of likely N-dealkylation sites (N-methyl/N-ethyl adjacent to an activating group) is 1. The molecule has 1 aliphatic carbocycles. The van der Waals surface area contributed by atoms with Gasteiger partial charge in [0, 0.05) is 18.9 Å². The number of aromatic nitrogens is 2. The molecule has 96 valence electrons. The summed E-state index contributed by atoms with van der Waals surface area (Å²) in [6.45, 7) is 6.32. The molecule has 1 saturated carbocycles. The summed E-state index contributed by atoms with van der Waals surface area (Å²) >= 11 is 0. The maximum Gasteiger partial charge on any atom is 0.227 e. The van der Waals surface area contributed by atoms with Crippen molar-refractivity contribution in [3.63, 3.8) is 0 Å². The molecule has 0 bridgehead atoms. The van der Waals surface area contributed by atoms with Crippen LogP contribution in [0.3, 0.4) is 0 Å². The maximum absolute atomic E-state index is 5.30. The lowest BCUT2D eigenvalue weighted by atomic mass is 9.82. The quantitative estimate of drug-likeness (QED) is 0.799. The first-order chi connectivity index (χ1) is 8.29. The zero-order valence-electron chi connectivity index (χ0n) is 10.9. The van der Waals surface area contributed by atoms with Gasteiger partial charge in [0.25, 0.3) is 0 Å². The Labute approximate surface area is 103 Å². The largest absolute Gasteiger partial charge is 0.339 e. The third-order valence-electron chi connectivity index (χ3n) is 3.55. The standard InChI is InChI=1S/C13H23N3O/c1-3-14-8-7-12-15-13(16-17-12)11-6-4-5-10(2)9-11/h10-11,14H,3-9H2,1-2H3. The molecular formula is C13H23N3O. The van der Waals surface area contributed by atoms with Crippen molar-refractivity contribution >= 4 is 0 Å². The van der Waals surface area contributed by atoms with E-state index in [9.17, 15) is 0 Å². The highest BCUT2D eigenvalue weighted by Crippen LogP contribution is 2.34. The van der Waals surface area contributed by atoms with Gasteiger partial charge in [-0.15, -0.1) is 0 Å². The van der Waals surface area contributed by atoms with E-state index >= 15 is 0 Å². The van der Waals surface area contributed by atoms with E-state index in [4.69, 9.17) is 4.52 Å². The van der Waals surface area contributed by atoms with Crippen molar-refractivity contribution in [3.8, 4) is 0 Å². The van der Waals surface area contributed by atoms with Gasteiger partial charge in [-0.3, -0.25) is 0 Å². The van der Waals surface area contributed by atoms with Gasteiger partial charge in [0.15, 0.2) is 5.82 Å². The van der Waals surface area contributed by atoms with Gasteiger partial charge in [0.1, 0.15) is 0 Å². The molecule has 2 rings (SSSR count). The van der Waals surface area contributed by atoms with Gasteiger partial charge in [0.2, 0.25) is 5.89 Å². The van der Waals surface area contributed by atoms with Crippen LogP contribution in [0.4, 0.5) is 0 Å². The van der Waals surface area contributed by atoms with Gasteiger partial charge in [-0.1, -0.05) is 31.8 Å². The summed E-state index contributed by atoms with van der Waals surface area (Å²) in [5, 5.41) is 7.40. The Bertz CT molecular complexity index is 337. The molecule has 17 heavy (non-hydrogen) atoms. The predicted molar refractivity (Wildman–Crippen MR) is 66.9 cm³/mol. The fourth-order valence-electron chi connectivity index (χ4n) is 2.58. The van der Waals surface area contributed by atoms with E-state index in [0.29, 0.717) is 5.92 Å². The highest BCUT2D eigenvalue weighted by atomic mass is 16.5. The molecule has 0 spiro atoms. The zero-order valence-corrected chi connectivity index (χ0v) is 10.9. The third kappa shape index (κ3) is 3.53. The molecule has 0 saturated heterocycles. The summed E-state index contributed by atoms with van der Waals surface area (Å²) in [7, 11) is 0. The van der Waals surface area contributed by atoms with Crippen molar-refractivity contribution in [3.05, 3.63) is 11.7 Å². The average molecular weight is 237 g/mol. The van der Waals surface area contributed by atoms with E-state index < -0.39 is 0 Å². The molecule has 1 fully saturated rings. The van der Waals surface area contributed by atoms with Crippen LogP contribution in [0.1, 0.15) is 57.2 Å². The van der Waals surface area contributed by atoms with Crippen LogP contribution in [-0.2, 0) is 6.42 Å². The van der Waals surface area contributed by atoms with Crippen LogP contribution >= 0.6 is 0 Å². The molecule has 1 aromatic heterocycles. The first-order valence-electron chi connectivity index (χ1n) is 6.82. The molecule has 0 aromatic carbocycles. The smallest absolute Gasteiger partial charge is 0.227 e. The summed E-state index contributed by atoms with van der Waals surface area (Å²) < 4.78 is 5.30. The Morgan fingerprint density at radius 1 is 1.41 bits per heavy atom. The summed E-state index contributed by atoms with van der Waals surface area (Å²) in [5.74, 6) is 3.04. The lowest BCUT2D eigenvalue weighted by molar-refractivity contribution is 0.319. The maximum atomic E-state index is 5.30. The highest BCUT2D eigenvalue weighted by molar-refractivity contribution is 4.98. The Balaban J connectivity index is 1.88. The van der Waals surface area contributed by atoms with E-state index in [1.165, 1.54) is 25.7 Å². The minimum atomic E-state index is 0.524. The minimum absolute atomic E-state index is 0.524. The molecule has 1 heterocycles. The predicted octanol–water partition coefficient (Wildman–Crippen LogP) is 2.52. The number of nitrogens with one attached hydrogen (secondary N) is 1. The second kappa shape index (κ2) is 6.15. The number of rotatable bonds is 5. The number of hydrogen-bond donors (Lipinski definition) is 1. The number of hydrogen-bond acceptors (Lipinski definition) is 4. The van der Waals surface area contributed by atoms with Gasteiger partial charge in [0.05, 0.1) is 0 Å². The van der Waals surface area contributed by atoms with Crippen LogP contribution in [0.2, 0.25) is 0 Å². The molecule has 1 N–H and O–H groups in total. The lowest BCUT2D eigenvalue weighted by Gasteiger charge is -2.23. The van der Waals surface area contributed by atoms with Crippen LogP contribution in [0, 0.1) is 5.92 Å².